The van der Waals surface area contributed by atoms with Gasteiger partial charge in [0, 0.05) is 19.1 Å². The highest BCUT2D eigenvalue weighted by molar-refractivity contribution is 4.86. The molecular formula is C9H18FNO. The third kappa shape index (κ3) is 2.17. The van der Waals surface area contributed by atoms with E-state index in [2.05, 4.69) is 18.7 Å². The quantitative estimate of drug-likeness (QED) is 0.693. The smallest absolute Gasteiger partial charge is 0.102 e. The first-order chi connectivity index (χ1) is 5.65. The number of β-amino-alcohol motifs (C(OH)–C–C–N with tert-alkyl or cyclic N) is 1. The van der Waals surface area contributed by atoms with Crippen LogP contribution >= 0.6 is 0 Å². The van der Waals surface area contributed by atoms with Crippen molar-refractivity contribution in [2.75, 3.05) is 19.8 Å². The van der Waals surface area contributed by atoms with Crippen LogP contribution in [0.1, 0.15) is 20.3 Å². The van der Waals surface area contributed by atoms with Crippen LogP contribution in [0, 0.1) is 5.92 Å². The highest BCUT2D eigenvalue weighted by atomic mass is 19.1. The fraction of sp³-hybridized carbons (Fsp3) is 1.00. The molecule has 0 bridgehead atoms. The van der Waals surface area contributed by atoms with E-state index in [9.17, 15) is 9.50 Å². The maximum absolute atomic E-state index is 12.1. The molecule has 3 heteroatoms. The monoisotopic (exact) mass is 175 g/mol. The minimum absolute atomic E-state index is 0.246. The molecule has 1 aliphatic rings. The van der Waals surface area contributed by atoms with Crippen LogP contribution in [-0.4, -0.2) is 41.9 Å². The Balaban J connectivity index is 2.47. The van der Waals surface area contributed by atoms with Gasteiger partial charge in [0.15, 0.2) is 0 Å². The van der Waals surface area contributed by atoms with Gasteiger partial charge in [-0.25, -0.2) is 4.39 Å². The summed E-state index contributed by atoms with van der Waals surface area (Å²) in [7, 11) is 0. The van der Waals surface area contributed by atoms with Gasteiger partial charge in [-0.05, 0) is 12.3 Å². The summed E-state index contributed by atoms with van der Waals surface area (Å²) < 4.78 is 12.1. The number of aliphatic hydroxyl groups excluding tert-OH is 1. The normalized spacial score (nSPS) is 31.8. The van der Waals surface area contributed by atoms with Gasteiger partial charge in [0.05, 0.1) is 6.10 Å². The lowest BCUT2D eigenvalue weighted by molar-refractivity contribution is 0.166. The van der Waals surface area contributed by atoms with E-state index in [1.165, 1.54) is 0 Å². The number of rotatable bonds is 3. The zero-order valence-corrected chi connectivity index (χ0v) is 7.83. The number of nitrogens with zero attached hydrogens (tertiary/aromatic N) is 1. The Kier molecular flexibility index (Phi) is 3.47. The van der Waals surface area contributed by atoms with E-state index in [0.29, 0.717) is 25.0 Å². The minimum Gasteiger partial charge on any atom is -0.392 e. The maximum atomic E-state index is 12.1. The van der Waals surface area contributed by atoms with Crippen LogP contribution in [0.5, 0.6) is 0 Å². The van der Waals surface area contributed by atoms with Crippen LogP contribution in [0.3, 0.4) is 0 Å². The van der Waals surface area contributed by atoms with Crippen molar-refractivity contribution < 1.29 is 9.50 Å². The summed E-state index contributed by atoms with van der Waals surface area (Å²) in [6.07, 6.45) is 0.557. The van der Waals surface area contributed by atoms with Crippen molar-refractivity contribution >= 4 is 0 Å². The van der Waals surface area contributed by atoms with Crippen molar-refractivity contribution in [3.05, 3.63) is 0 Å². The first-order valence-electron chi connectivity index (χ1n) is 4.63. The third-order valence-corrected chi connectivity index (χ3v) is 2.57. The largest absolute Gasteiger partial charge is 0.392 e. The Morgan fingerprint density at radius 1 is 1.58 bits per heavy atom. The van der Waals surface area contributed by atoms with Gasteiger partial charge in [-0.1, -0.05) is 13.8 Å². The van der Waals surface area contributed by atoms with E-state index >= 15 is 0 Å². The molecule has 1 rings (SSSR count). The Morgan fingerprint density at radius 3 is 2.75 bits per heavy atom. The van der Waals surface area contributed by atoms with Gasteiger partial charge in [0.25, 0.3) is 0 Å². The predicted molar refractivity (Wildman–Crippen MR) is 46.8 cm³/mol. The van der Waals surface area contributed by atoms with Crippen LogP contribution in [0.25, 0.3) is 0 Å². The third-order valence-electron chi connectivity index (χ3n) is 2.57. The molecule has 2 nitrogen and oxygen atoms in total. The molecule has 0 unspecified atom stereocenters. The van der Waals surface area contributed by atoms with Crippen LogP contribution in [-0.2, 0) is 0 Å². The second kappa shape index (κ2) is 4.19. The Hall–Kier alpha value is -0.150. The molecule has 1 fully saturated rings. The SMILES string of the molecule is CC(C)[C@H]1C[C@@H](O)CN1CCF. The second-order valence-electron chi connectivity index (χ2n) is 3.88. The second-order valence-corrected chi connectivity index (χ2v) is 3.88. The standard InChI is InChI=1S/C9H18FNO/c1-7(2)9-5-8(12)6-11(9)4-3-10/h7-9,12H,3-6H2,1-2H3/t8-,9-/m1/s1. The fourth-order valence-corrected chi connectivity index (χ4v) is 1.97. The van der Waals surface area contributed by atoms with Crippen LogP contribution in [0.2, 0.25) is 0 Å². The minimum atomic E-state index is -0.310. The zero-order valence-electron chi connectivity index (χ0n) is 7.83. The summed E-state index contributed by atoms with van der Waals surface area (Å²) in [5.41, 5.74) is 0. The molecular weight excluding hydrogens is 157 g/mol. The molecule has 1 saturated heterocycles. The zero-order chi connectivity index (χ0) is 9.14. The van der Waals surface area contributed by atoms with Crippen molar-refractivity contribution in [3.63, 3.8) is 0 Å². The van der Waals surface area contributed by atoms with E-state index in [4.69, 9.17) is 0 Å². The number of likely N-dealkylation sites (tertiary alicyclic amines) is 1. The lowest BCUT2D eigenvalue weighted by Gasteiger charge is -2.25. The van der Waals surface area contributed by atoms with Gasteiger partial charge in [-0.3, -0.25) is 4.90 Å². The van der Waals surface area contributed by atoms with Crippen LogP contribution < -0.4 is 0 Å². The average Bonchev–Trinajstić information content (AvgIpc) is 2.32. The molecule has 1 heterocycles. The Labute approximate surface area is 73.4 Å². The molecule has 1 N–H and O–H groups in total. The molecule has 0 aliphatic carbocycles. The van der Waals surface area contributed by atoms with Crippen molar-refractivity contribution in [1.29, 1.82) is 0 Å². The highest BCUT2D eigenvalue weighted by Crippen LogP contribution is 2.23. The molecule has 0 aromatic heterocycles. The first-order valence-corrected chi connectivity index (χ1v) is 4.63. The summed E-state index contributed by atoms with van der Waals surface area (Å²) >= 11 is 0. The predicted octanol–water partition coefficient (Wildman–Crippen LogP) is 1.05. The fourth-order valence-electron chi connectivity index (χ4n) is 1.97. The van der Waals surface area contributed by atoms with Crippen molar-refractivity contribution in [2.24, 2.45) is 5.92 Å². The Bertz CT molecular complexity index is 140. The lowest BCUT2D eigenvalue weighted by atomic mass is 10.0. The molecule has 12 heavy (non-hydrogen) atoms. The number of halogens is 1. The van der Waals surface area contributed by atoms with E-state index < -0.39 is 0 Å². The Morgan fingerprint density at radius 2 is 2.25 bits per heavy atom. The molecule has 0 radical (unpaired) electrons. The number of hydrogen-bond donors (Lipinski definition) is 1. The summed E-state index contributed by atoms with van der Waals surface area (Å²) in [5, 5.41) is 9.38. The van der Waals surface area contributed by atoms with Crippen molar-refractivity contribution in [2.45, 2.75) is 32.4 Å². The molecule has 2 atom stereocenters. The van der Waals surface area contributed by atoms with Gasteiger partial charge in [0.1, 0.15) is 6.67 Å². The summed E-state index contributed by atoms with van der Waals surface area (Å²) in [6, 6.07) is 0.371. The molecule has 72 valence electrons. The molecule has 0 amide bonds. The van der Waals surface area contributed by atoms with Crippen LogP contribution in [0.4, 0.5) is 4.39 Å². The summed E-state index contributed by atoms with van der Waals surface area (Å²) in [5.74, 6) is 0.508. The first kappa shape index (κ1) is 9.93. The lowest BCUT2D eigenvalue weighted by Crippen LogP contribution is -2.35. The van der Waals surface area contributed by atoms with E-state index in [1.807, 2.05) is 0 Å². The molecule has 0 aromatic carbocycles. The highest BCUT2D eigenvalue weighted by Gasteiger charge is 2.32. The number of aliphatic hydroxyl groups is 1. The van der Waals surface area contributed by atoms with E-state index in [-0.39, 0.29) is 12.8 Å². The topological polar surface area (TPSA) is 23.5 Å². The van der Waals surface area contributed by atoms with Gasteiger partial charge in [-0.15, -0.1) is 0 Å². The van der Waals surface area contributed by atoms with Gasteiger partial charge in [0.2, 0.25) is 0 Å². The van der Waals surface area contributed by atoms with Crippen LogP contribution in [0.15, 0.2) is 0 Å². The number of hydrogen-bond acceptors (Lipinski definition) is 2. The average molecular weight is 175 g/mol. The molecule has 1 aliphatic heterocycles. The van der Waals surface area contributed by atoms with E-state index in [1.54, 1.807) is 0 Å². The van der Waals surface area contributed by atoms with Gasteiger partial charge < -0.3 is 5.11 Å². The van der Waals surface area contributed by atoms with Gasteiger partial charge >= 0.3 is 0 Å². The van der Waals surface area contributed by atoms with E-state index in [0.717, 1.165) is 6.42 Å². The molecule has 0 spiro atoms. The van der Waals surface area contributed by atoms with Crippen molar-refractivity contribution in [1.82, 2.24) is 4.90 Å². The maximum Gasteiger partial charge on any atom is 0.102 e. The molecule has 0 saturated carbocycles. The number of alkyl halides is 1. The summed E-state index contributed by atoms with van der Waals surface area (Å²) in [4.78, 5) is 2.05. The van der Waals surface area contributed by atoms with Gasteiger partial charge in [-0.2, -0.15) is 0 Å². The molecule has 0 aromatic rings. The summed E-state index contributed by atoms with van der Waals surface area (Å²) in [6.45, 7) is 5.05. The van der Waals surface area contributed by atoms with Crippen molar-refractivity contribution in [3.8, 4) is 0 Å².